The van der Waals surface area contributed by atoms with Gasteiger partial charge in [-0.3, -0.25) is 0 Å². The van der Waals surface area contributed by atoms with Crippen molar-refractivity contribution in [2.24, 2.45) is 0 Å². The standard InChI is InChI=1S/C12H16F2N2O2S/c1-2-5-16(9-3-4-9)19(17,18)12-10(13)6-8(15)7-11(12)14/h6-7,9H,2-5,15H2,1H3. The normalized spacial score (nSPS) is 16.0. The molecule has 0 bridgehead atoms. The summed E-state index contributed by atoms with van der Waals surface area (Å²) in [5.74, 6) is -2.28. The molecule has 1 aromatic rings. The van der Waals surface area contributed by atoms with E-state index in [1.807, 2.05) is 6.92 Å². The zero-order valence-electron chi connectivity index (χ0n) is 10.6. The molecule has 106 valence electrons. The van der Waals surface area contributed by atoms with Gasteiger partial charge in [0, 0.05) is 18.3 Å². The fourth-order valence-corrected chi connectivity index (χ4v) is 3.90. The van der Waals surface area contributed by atoms with Crippen LogP contribution < -0.4 is 5.73 Å². The van der Waals surface area contributed by atoms with Gasteiger partial charge < -0.3 is 5.73 Å². The summed E-state index contributed by atoms with van der Waals surface area (Å²) in [5, 5.41) is 0. The van der Waals surface area contributed by atoms with E-state index in [0.717, 1.165) is 25.0 Å². The molecular weight excluding hydrogens is 274 g/mol. The first kappa shape index (κ1) is 14.2. The Morgan fingerprint density at radius 1 is 1.32 bits per heavy atom. The lowest BCUT2D eigenvalue weighted by Gasteiger charge is -2.21. The van der Waals surface area contributed by atoms with Crippen LogP contribution in [0.25, 0.3) is 0 Å². The second-order valence-corrected chi connectivity index (χ2v) is 6.49. The van der Waals surface area contributed by atoms with Crippen LogP contribution in [-0.2, 0) is 10.0 Å². The van der Waals surface area contributed by atoms with Gasteiger partial charge in [-0.1, -0.05) is 6.92 Å². The largest absolute Gasteiger partial charge is 0.399 e. The van der Waals surface area contributed by atoms with Crippen molar-refractivity contribution < 1.29 is 17.2 Å². The zero-order chi connectivity index (χ0) is 14.2. The van der Waals surface area contributed by atoms with Crippen LogP contribution in [0.3, 0.4) is 0 Å². The summed E-state index contributed by atoms with van der Waals surface area (Å²) in [6.07, 6.45) is 2.06. The van der Waals surface area contributed by atoms with E-state index in [1.165, 1.54) is 4.31 Å². The molecule has 0 unspecified atom stereocenters. The number of anilines is 1. The maximum Gasteiger partial charge on any atom is 0.249 e. The quantitative estimate of drug-likeness (QED) is 0.845. The topological polar surface area (TPSA) is 63.4 Å². The zero-order valence-corrected chi connectivity index (χ0v) is 11.4. The number of sulfonamides is 1. The van der Waals surface area contributed by atoms with Gasteiger partial charge in [-0.2, -0.15) is 4.31 Å². The van der Waals surface area contributed by atoms with Crippen LogP contribution in [0.2, 0.25) is 0 Å². The molecule has 0 aliphatic heterocycles. The van der Waals surface area contributed by atoms with Crippen LogP contribution in [0.5, 0.6) is 0 Å². The van der Waals surface area contributed by atoms with E-state index in [-0.39, 0.29) is 18.3 Å². The van der Waals surface area contributed by atoms with E-state index < -0.39 is 26.6 Å². The summed E-state index contributed by atoms with van der Waals surface area (Å²) in [5.41, 5.74) is 5.15. The number of hydrogen-bond donors (Lipinski definition) is 1. The molecule has 0 aromatic heterocycles. The fraction of sp³-hybridized carbons (Fsp3) is 0.500. The minimum Gasteiger partial charge on any atom is -0.399 e. The van der Waals surface area contributed by atoms with Gasteiger partial charge in [0.2, 0.25) is 10.0 Å². The maximum absolute atomic E-state index is 13.8. The molecule has 0 saturated heterocycles. The molecule has 4 nitrogen and oxygen atoms in total. The number of rotatable bonds is 5. The molecule has 0 radical (unpaired) electrons. The molecule has 0 atom stereocenters. The lowest BCUT2D eigenvalue weighted by molar-refractivity contribution is 0.395. The van der Waals surface area contributed by atoms with Gasteiger partial charge in [0.05, 0.1) is 0 Å². The van der Waals surface area contributed by atoms with Gasteiger partial charge in [0.1, 0.15) is 11.6 Å². The summed E-state index contributed by atoms with van der Waals surface area (Å²) >= 11 is 0. The average molecular weight is 290 g/mol. The molecule has 1 aliphatic carbocycles. The smallest absolute Gasteiger partial charge is 0.249 e. The molecule has 2 N–H and O–H groups in total. The predicted molar refractivity (Wildman–Crippen MR) is 68.0 cm³/mol. The minimum atomic E-state index is -4.15. The number of benzene rings is 1. The minimum absolute atomic E-state index is 0.137. The Morgan fingerprint density at radius 3 is 2.26 bits per heavy atom. The molecule has 1 aliphatic rings. The van der Waals surface area contributed by atoms with Crippen LogP contribution in [0, 0.1) is 11.6 Å². The summed E-state index contributed by atoms with van der Waals surface area (Å²) in [7, 11) is -4.15. The average Bonchev–Trinajstić information content (AvgIpc) is 3.07. The molecule has 0 amide bonds. The first-order chi connectivity index (χ1) is 8.87. The van der Waals surface area contributed by atoms with E-state index in [0.29, 0.717) is 6.42 Å². The third-order valence-corrected chi connectivity index (χ3v) is 4.99. The molecule has 0 spiro atoms. The molecule has 1 fully saturated rings. The molecule has 19 heavy (non-hydrogen) atoms. The molecule has 7 heteroatoms. The Labute approximate surface area is 111 Å². The third-order valence-electron chi connectivity index (χ3n) is 2.99. The van der Waals surface area contributed by atoms with Crippen molar-refractivity contribution in [3.8, 4) is 0 Å². The van der Waals surface area contributed by atoms with Gasteiger partial charge >= 0.3 is 0 Å². The van der Waals surface area contributed by atoms with Gasteiger partial charge in [-0.05, 0) is 31.4 Å². The van der Waals surface area contributed by atoms with Crippen molar-refractivity contribution >= 4 is 15.7 Å². The number of hydrogen-bond acceptors (Lipinski definition) is 3. The van der Waals surface area contributed by atoms with Crippen LogP contribution in [0.4, 0.5) is 14.5 Å². The highest BCUT2D eigenvalue weighted by Crippen LogP contribution is 2.34. The lowest BCUT2D eigenvalue weighted by atomic mass is 10.3. The van der Waals surface area contributed by atoms with E-state index in [4.69, 9.17) is 5.73 Å². The summed E-state index contributed by atoms with van der Waals surface area (Å²) in [4.78, 5) is -0.901. The highest BCUT2D eigenvalue weighted by molar-refractivity contribution is 7.89. The Kier molecular flexibility index (Phi) is 3.78. The number of nitrogen functional groups attached to an aromatic ring is 1. The van der Waals surface area contributed by atoms with Crippen molar-refractivity contribution in [1.29, 1.82) is 0 Å². The van der Waals surface area contributed by atoms with Gasteiger partial charge in [0.15, 0.2) is 4.90 Å². The third kappa shape index (κ3) is 2.71. The second-order valence-electron chi connectivity index (χ2n) is 4.66. The number of halogens is 2. The van der Waals surface area contributed by atoms with Gasteiger partial charge in [-0.15, -0.1) is 0 Å². The molecule has 1 saturated carbocycles. The van der Waals surface area contributed by atoms with E-state index in [9.17, 15) is 17.2 Å². The Balaban J connectivity index is 2.49. The lowest BCUT2D eigenvalue weighted by Crippen LogP contribution is -2.35. The SMILES string of the molecule is CCCN(C1CC1)S(=O)(=O)c1c(F)cc(N)cc1F. The van der Waals surface area contributed by atoms with Gasteiger partial charge in [-0.25, -0.2) is 17.2 Å². The summed E-state index contributed by atoms with van der Waals surface area (Å²) in [6.45, 7) is 2.08. The molecule has 1 aromatic carbocycles. The monoisotopic (exact) mass is 290 g/mol. The van der Waals surface area contributed by atoms with Crippen LogP contribution >= 0.6 is 0 Å². The van der Waals surface area contributed by atoms with Crippen molar-refractivity contribution in [2.45, 2.75) is 37.1 Å². The highest BCUT2D eigenvalue weighted by atomic mass is 32.2. The Bertz CT molecular complexity index is 562. The van der Waals surface area contributed by atoms with Crippen molar-refractivity contribution in [3.63, 3.8) is 0 Å². The number of nitrogens with two attached hydrogens (primary N) is 1. The first-order valence-electron chi connectivity index (χ1n) is 6.14. The Hall–Kier alpha value is -1.21. The van der Waals surface area contributed by atoms with Crippen LogP contribution in [0.15, 0.2) is 17.0 Å². The van der Waals surface area contributed by atoms with E-state index in [1.54, 1.807) is 0 Å². The van der Waals surface area contributed by atoms with Crippen molar-refractivity contribution in [3.05, 3.63) is 23.8 Å². The van der Waals surface area contributed by atoms with Crippen LogP contribution in [-0.4, -0.2) is 25.3 Å². The fourth-order valence-electron chi connectivity index (χ4n) is 2.03. The Morgan fingerprint density at radius 2 is 1.84 bits per heavy atom. The van der Waals surface area contributed by atoms with Crippen LogP contribution in [0.1, 0.15) is 26.2 Å². The van der Waals surface area contributed by atoms with Crippen molar-refractivity contribution in [2.75, 3.05) is 12.3 Å². The van der Waals surface area contributed by atoms with Gasteiger partial charge in [0.25, 0.3) is 0 Å². The first-order valence-corrected chi connectivity index (χ1v) is 7.58. The highest BCUT2D eigenvalue weighted by Gasteiger charge is 2.40. The van der Waals surface area contributed by atoms with E-state index >= 15 is 0 Å². The summed E-state index contributed by atoms with van der Waals surface area (Å²) in [6, 6.07) is 1.52. The maximum atomic E-state index is 13.8. The molecule has 2 rings (SSSR count). The number of nitrogens with zero attached hydrogens (tertiary/aromatic N) is 1. The molecular formula is C12H16F2N2O2S. The summed E-state index contributed by atoms with van der Waals surface area (Å²) < 4.78 is 53.4. The molecule has 0 heterocycles. The van der Waals surface area contributed by atoms with Crippen molar-refractivity contribution in [1.82, 2.24) is 4.31 Å². The van der Waals surface area contributed by atoms with E-state index in [2.05, 4.69) is 0 Å². The second kappa shape index (κ2) is 5.05. The predicted octanol–water partition coefficient (Wildman–Crippen LogP) is 2.11.